The summed E-state index contributed by atoms with van der Waals surface area (Å²) < 4.78 is 0. The van der Waals surface area contributed by atoms with Gasteiger partial charge in [-0.15, -0.1) is 0 Å². The molecule has 0 rings (SSSR count). The molecule has 0 saturated carbocycles. The van der Waals surface area contributed by atoms with E-state index in [9.17, 15) is 9.59 Å². The van der Waals surface area contributed by atoms with E-state index >= 15 is 0 Å². The highest BCUT2D eigenvalue weighted by molar-refractivity contribution is 6.40. The van der Waals surface area contributed by atoms with Gasteiger partial charge in [-0.1, -0.05) is 11.6 Å². The van der Waals surface area contributed by atoms with Gasteiger partial charge in [0.15, 0.2) is 0 Å². The Balaban J connectivity index is 3.74. The molecule has 0 unspecified atom stereocenters. The molecular weight excluding hydrogens is 170 g/mol. The number of carboxylic acids is 1. The summed E-state index contributed by atoms with van der Waals surface area (Å²) >= 11 is 5.21. The molecule has 0 aliphatic heterocycles. The van der Waals surface area contributed by atoms with Crippen LogP contribution in [0.3, 0.4) is 0 Å². The molecule has 2 N–H and O–H groups in total. The van der Waals surface area contributed by atoms with Crippen LogP contribution in [-0.2, 0) is 9.59 Å². The van der Waals surface area contributed by atoms with Gasteiger partial charge in [0.05, 0.1) is 0 Å². The first kappa shape index (κ1) is 9.97. The average Bonchev–Trinajstić information content (AvgIpc) is 1.86. The molecule has 11 heavy (non-hydrogen) atoms. The minimum Gasteiger partial charge on any atom is -0.477 e. The molecule has 0 fully saturated rings. The van der Waals surface area contributed by atoms with Crippen LogP contribution in [-0.4, -0.2) is 23.5 Å². The molecule has 0 aliphatic rings. The zero-order valence-corrected chi connectivity index (χ0v) is 6.68. The number of hydrogen-bond acceptors (Lipinski definition) is 2. The van der Waals surface area contributed by atoms with E-state index < -0.39 is 5.97 Å². The van der Waals surface area contributed by atoms with Gasteiger partial charge in [-0.05, 0) is 6.08 Å². The van der Waals surface area contributed by atoms with Crippen molar-refractivity contribution in [3.05, 3.63) is 11.1 Å². The molecule has 0 saturated heterocycles. The number of aliphatic carboxylic acids is 1. The first-order chi connectivity index (χ1) is 5.04. The van der Waals surface area contributed by atoms with E-state index in [-0.39, 0.29) is 17.5 Å². The Hall–Kier alpha value is -1.03. The molecule has 0 heterocycles. The van der Waals surface area contributed by atoms with E-state index in [1.54, 1.807) is 0 Å². The Morgan fingerprint density at radius 3 is 2.55 bits per heavy atom. The Bertz CT molecular complexity index is 200. The summed E-state index contributed by atoms with van der Waals surface area (Å²) in [6.07, 6.45) is 1.21. The molecule has 5 heteroatoms. The summed E-state index contributed by atoms with van der Waals surface area (Å²) in [6, 6.07) is 0. The quantitative estimate of drug-likeness (QED) is 0.611. The topological polar surface area (TPSA) is 66.4 Å². The highest BCUT2D eigenvalue weighted by Gasteiger charge is 2.00. The highest BCUT2D eigenvalue weighted by Crippen LogP contribution is 1.98. The summed E-state index contributed by atoms with van der Waals surface area (Å²) in [7, 11) is 0. The third kappa shape index (κ3) is 5.42. The maximum Gasteiger partial charge on any atom is 0.347 e. The summed E-state index contributed by atoms with van der Waals surface area (Å²) in [5.74, 6) is -1.42. The molecular formula is C6H8ClNO3. The van der Waals surface area contributed by atoms with E-state index in [1.165, 1.54) is 13.0 Å². The molecule has 0 aromatic rings. The van der Waals surface area contributed by atoms with Crippen molar-refractivity contribution in [3.8, 4) is 0 Å². The van der Waals surface area contributed by atoms with E-state index in [1.807, 2.05) is 0 Å². The molecule has 0 bridgehead atoms. The number of nitrogens with one attached hydrogen (secondary N) is 1. The first-order valence-corrected chi connectivity index (χ1v) is 3.25. The third-order valence-electron chi connectivity index (χ3n) is 0.837. The fourth-order valence-electron chi connectivity index (χ4n) is 0.372. The van der Waals surface area contributed by atoms with Crippen LogP contribution in [0.25, 0.3) is 0 Å². The number of rotatable bonds is 3. The third-order valence-corrected chi connectivity index (χ3v) is 1.15. The normalized spacial score (nSPS) is 10.9. The Morgan fingerprint density at radius 1 is 1.64 bits per heavy atom. The maximum atomic E-state index is 10.3. The lowest BCUT2D eigenvalue weighted by Gasteiger charge is -1.94. The largest absolute Gasteiger partial charge is 0.477 e. The fourth-order valence-corrected chi connectivity index (χ4v) is 0.449. The number of halogens is 1. The zero-order chi connectivity index (χ0) is 8.85. The van der Waals surface area contributed by atoms with Gasteiger partial charge in [-0.25, -0.2) is 4.79 Å². The molecule has 0 atom stereocenters. The monoisotopic (exact) mass is 177 g/mol. The van der Waals surface area contributed by atoms with E-state index in [4.69, 9.17) is 16.7 Å². The summed E-state index contributed by atoms with van der Waals surface area (Å²) in [6.45, 7) is 1.48. The standard InChI is InChI=1S/C6H8ClNO3/c1-4(9)8-3-2-5(7)6(10)11/h2H,3H2,1H3,(H,8,9)(H,10,11)/b5-2-. The lowest BCUT2D eigenvalue weighted by molar-refractivity contribution is -0.132. The summed E-state index contributed by atoms with van der Waals surface area (Å²) in [4.78, 5) is 20.3. The Labute approximate surface area is 68.8 Å². The van der Waals surface area contributed by atoms with Crippen molar-refractivity contribution in [1.29, 1.82) is 0 Å². The summed E-state index contributed by atoms with van der Waals surface area (Å²) in [5.41, 5.74) is 0. The van der Waals surface area contributed by atoms with Crippen molar-refractivity contribution in [3.63, 3.8) is 0 Å². The minimum absolute atomic E-state index is 0.139. The van der Waals surface area contributed by atoms with Gasteiger partial charge >= 0.3 is 5.97 Å². The zero-order valence-electron chi connectivity index (χ0n) is 5.93. The van der Waals surface area contributed by atoms with E-state index in [2.05, 4.69) is 5.32 Å². The van der Waals surface area contributed by atoms with Gasteiger partial charge in [0.1, 0.15) is 5.03 Å². The van der Waals surface area contributed by atoms with Crippen LogP contribution >= 0.6 is 11.6 Å². The molecule has 1 amide bonds. The first-order valence-electron chi connectivity index (χ1n) is 2.87. The number of amides is 1. The van der Waals surface area contributed by atoms with Gasteiger partial charge in [-0.2, -0.15) is 0 Å². The van der Waals surface area contributed by atoms with Crippen molar-refractivity contribution < 1.29 is 14.7 Å². The van der Waals surface area contributed by atoms with Crippen LogP contribution in [0.1, 0.15) is 6.92 Å². The van der Waals surface area contributed by atoms with E-state index in [0.717, 1.165) is 0 Å². The van der Waals surface area contributed by atoms with Crippen molar-refractivity contribution >= 4 is 23.5 Å². The van der Waals surface area contributed by atoms with E-state index in [0.29, 0.717) is 0 Å². The van der Waals surface area contributed by atoms with Crippen LogP contribution in [0.5, 0.6) is 0 Å². The van der Waals surface area contributed by atoms with Crippen LogP contribution < -0.4 is 5.32 Å². The predicted octanol–water partition coefficient (Wildman–Crippen LogP) is 0.330. The van der Waals surface area contributed by atoms with Gasteiger partial charge in [-0.3, -0.25) is 4.79 Å². The van der Waals surface area contributed by atoms with Crippen LogP contribution in [0, 0.1) is 0 Å². The number of carboxylic acid groups (broad SMARTS) is 1. The van der Waals surface area contributed by atoms with Crippen LogP contribution in [0.4, 0.5) is 0 Å². The molecule has 0 aromatic heterocycles. The van der Waals surface area contributed by atoms with Crippen molar-refractivity contribution in [2.45, 2.75) is 6.92 Å². The van der Waals surface area contributed by atoms with Gasteiger partial charge < -0.3 is 10.4 Å². The fraction of sp³-hybridized carbons (Fsp3) is 0.333. The van der Waals surface area contributed by atoms with Crippen LogP contribution in [0.2, 0.25) is 0 Å². The second kappa shape index (κ2) is 4.73. The SMILES string of the molecule is CC(=O)NC/C=C(\Cl)C(=O)O. The lowest BCUT2D eigenvalue weighted by atomic mass is 10.5. The molecule has 0 aliphatic carbocycles. The average molecular weight is 178 g/mol. The highest BCUT2D eigenvalue weighted by atomic mass is 35.5. The minimum atomic E-state index is -1.20. The second-order valence-electron chi connectivity index (χ2n) is 1.79. The van der Waals surface area contributed by atoms with Gasteiger partial charge in [0.25, 0.3) is 0 Å². The van der Waals surface area contributed by atoms with Crippen LogP contribution in [0.15, 0.2) is 11.1 Å². The van der Waals surface area contributed by atoms with Crippen molar-refractivity contribution in [2.75, 3.05) is 6.54 Å². The molecule has 0 spiro atoms. The number of hydrogen-bond donors (Lipinski definition) is 2. The van der Waals surface area contributed by atoms with Gasteiger partial charge in [0, 0.05) is 13.5 Å². The lowest BCUT2D eigenvalue weighted by Crippen LogP contribution is -2.19. The molecule has 0 aromatic carbocycles. The molecule has 0 radical (unpaired) electrons. The number of carbonyl (C=O) groups excluding carboxylic acids is 1. The molecule has 4 nitrogen and oxygen atoms in total. The Morgan fingerprint density at radius 2 is 2.18 bits per heavy atom. The summed E-state index contributed by atoms with van der Waals surface area (Å²) in [5, 5.41) is 10.3. The van der Waals surface area contributed by atoms with Gasteiger partial charge in [0.2, 0.25) is 5.91 Å². The Kier molecular flexibility index (Phi) is 4.29. The maximum absolute atomic E-state index is 10.3. The smallest absolute Gasteiger partial charge is 0.347 e. The van der Waals surface area contributed by atoms with Crippen molar-refractivity contribution in [1.82, 2.24) is 5.32 Å². The number of carbonyl (C=O) groups is 2. The van der Waals surface area contributed by atoms with Crippen molar-refractivity contribution in [2.24, 2.45) is 0 Å². The predicted molar refractivity (Wildman–Crippen MR) is 40.3 cm³/mol. The molecule has 62 valence electrons. The second-order valence-corrected chi connectivity index (χ2v) is 2.20.